The molecule has 0 aromatic heterocycles. The molecular weight excluding hydrogens is 536 g/mol. The number of likely N-dealkylation sites (tertiary alicyclic amines) is 3. The van der Waals surface area contributed by atoms with Gasteiger partial charge in [0.1, 0.15) is 17.7 Å². The number of ether oxygens (including phenoxy) is 1. The van der Waals surface area contributed by atoms with E-state index in [4.69, 9.17) is 9.88 Å². The quantitative estimate of drug-likeness (QED) is 0.490. The van der Waals surface area contributed by atoms with Gasteiger partial charge in [-0.2, -0.15) is 5.26 Å². The van der Waals surface area contributed by atoms with Crippen molar-refractivity contribution in [2.45, 2.75) is 93.7 Å². The van der Waals surface area contributed by atoms with Gasteiger partial charge < -0.3 is 19.9 Å². The number of nitrogens with one attached hydrogen (secondary N) is 1. The van der Waals surface area contributed by atoms with Crippen LogP contribution in [0.4, 0.5) is 4.79 Å². The first-order valence-corrected chi connectivity index (χ1v) is 15.1. The van der Waals surface area contributed by atoms with E-state index in [-0.39, 0.29) is 41.4 Å². The number of carbonyl (C=O) groups is 3. The van der Waals surface area contributed by atoms with E-state index in [0.29, 0.717) is 25.3 Å². The van der Waals surface area contributed by atoms with Crippen molar-refractivity contribution in [3.63, 3.8) is 0 Å². The number of benzene rings is 1. The zero-order valence-corrected chi connectivity index (χ0v) is 23.9. The van der Waals surface area contributed by atoms with E-state index in [1.165, 1.54) is 12.1 Å². The number of piperazine rings is 1. The molecule has 3 N–H and O–H groups in total. The van der Waals surface area contributed by atoms with E-state index in [2.05, 4.69) is 11.4 Å². The molecule has 3 saturated heterocycles. The van der Waals surface area contributed by atoms with E-state index in [1.807, 2.05) is 16.7 Å². The number of nitrogens with two attached hydrogens (primary N) is 1. The third-order valence-corrected chi connectivity index (χ3v) is 9.27. The number of primary sulfonamides is 1. The van der Waals surface area contributed by atoms with Crippen LogP contribution in [0.25, 0.3) is 0 Å². The minimum absolute atomic E-state index is 0.00579. The second kappa shape index (κ2) is 10.0. The minimum atomic E-state index is -3.82. The second-order valence-electron chi connectivity index (χ2n) is 12.3. The average Bonchev–Trinajstić information content (AvgIpc) is 3.18. The molecule has 2 bridgehead atoms. The summed E-state index contributed by atoms with van der Waals surface area (Å²) in [5, 5.41) is 17.6. The maximum absolute atomic E-state index is 13.7. The number of hydrogen-bond donors (Lipinski definition) is 2. The number of nitrogens with zero attached hydrogens (tertiary/aromatic N) is 4. The fourth-order valence-electron chi connectivity index (χ4n) is 6.43. The molecular formula is C27H36N6O6S. The van der Waals surface area contributed by atoms with Gasteiger partial charge in [-0.3, -0.25) is 14.5 Å². The van der Waals surface area contributed by atoms with Crippen LogP contribution < -0.4 is 10.5 Å². The number of rotatable bonds is 7. The van der Waals surface area contributed by atoms with Crippen LogP contribution in [0.5, 0.6) is 0 Å². The molecule has 4 fully saturated rings. The number of fused-ring (bicyclic) bond motifs is 3. The van der Waals surface area contributed by atoms with Gasteiger partial charge >= 0.3 is 6.09 Å². The van der Waals surface area contributed by atoms with Crippen LogP contribution in [0, 0.1) is 17.2 Å². The molecule has 3 amide bonds. The van der Waals surface area contributed by atoms with Crippen molar-refractivity contribution >= 4 is 27.9 Å². The van der Waals surface area contributed by atoms with Gasteiger partial charge in [0.25, 0.3) is 0 Å². The minimum Gasteiger partial charge on any atom is -0.444 e. The normalized spacial score (nSPS) is 29.1. The average molecular weight is 573 g/mol. The first-order valence-electron chi connectivity index (χ1n) is 13.6. The van der Waals surface area contributed by atoms with Crippen molar-refractivity contribution in [1.82, 2.24) is 20.0 Å². The standard InChI is InChI=1S/C27H36N6O6S/c1-15(16-5-7-20(8-6-16)40(29,37)38)32-19-11-23(25(32)35)31(13-19)14-21(30-26(36)39-27(2,3)4)24(34)33-18(12-28)9-17-10-22(17)33/h5-8,15,17-19,21-23H,9-11,13-14H2,1-4H3,(H,30,36)(H2,29,37,38)/t15-,17+,18?,19-,21?,22-,23?/m0/s1. The number of piperidine rings is 1. The van der Waals surface area contributed by atoms with Crippen molar-refractivity contribution in [1.29, 1.82) is 5.26 Å². The summed E-state index contributed by atoms with van der Waals surface area (Å²) in [5.74, 6) is -0.0758. The predicted octanol–water partition coefficient (Wildman–Crippen LogP) is 1.09. The monoisotopic (exact) mass is 572 g/mol. The first kappa shape index (κ1) is 28.3. The van der Waals surface area contributed by atoms with Gasteiger partial charge in [0.2, 0.25) is 21.8 Å². The van der Waals surface area contributed by atoms with Gasteiger partial charge in [0.05, 0.1) is 23.0 Å². The van der Waals surface area contributed by atoms with E-state index < -0.39 is 39.8 Å². The largest absolute Gasteiger partial charge is 0.444 e. The third kappa shape index (κ3) is 5.40. The highest BCUT2D eigenvalue weighted by atomic mass is 32.2. The van der Waals surface area contributed by atoms with Gasteiger partial charge in [0, 0.05) is 25.2 Å². The molecule has 40 heavy (non-hydrogen) atoms. The Balaban J connectivity index is 1.30. The van der Waals surface area contributed by atoms with Crippen LogP contribution in [0.15, 0.2) is 29.2 Å². The highest BCUT2D eigenvalue weighted by Gasteiger charge is 2.56. The Morgan fingerprint density at radius 3 is 2.45 bits per heavy atom. The molecule has 3 heterocycles. The Morgan fingerprint density at radius 1 is 1.20 bits per heavy atom. The van der Waals surface area contributed by atoms with Gasteiger partial charge in [-0.1, -0.05) is 12.1 Å². The summed E-state index contributed by atoms with van der Waals surface area (Å²) in [4.78, 5) is 45.3. The summed E-state index contributed by atoms with van der Waals surface area (Å²) >= 11 is 0. The summed E-state index contributed by atoms with van der Waals surface area (Å²) in [6.07, 6.45) is 1.37. The second-order valence-corrected chi connectivity index (χ2v) is 13.8. The molecule has 13 heteroatoms. The molecule has 1 saturated carbocycles. The van der Waals surface area contributed by atoms with Crippen LogP contribution in [-0.4, -0.2) is 89.9 Å². The first-order chi connectivity index (χ1) is 18.7. The molecule has 216 valence electrons. The highest BCUT2D eigenvalue weighted by Crippen LogP contribution is 2.48. The summed E-state index contributed by atoms with van der Waals surface area (Å²) < 4.78 is 28.6. The summed E-state index contributed by atoms with van der Waals surface area (Å²) in [6, 6.07) is 6.10. The predicted molar refractivity (Wildman–Crippen MR) is 143 cm³/mol. The number of amides is 3. The number of nitriles is 1. The maximum Gasteiger partial charge on any atom is 0.408 e. The molecule has 5 rings (SSSR count). The zero-order chi connectivity index (χ0) is 29.1. The SMILES string of the molecule is C[C@@H](c1ccc(S(N)(=O)=O)cc1)N1C(=O)C2C[C@H]1CN2CC(NC(=O)OC(C)(C)C)C(=O)N1C(C#N)C[C@@H]2C[C@@H]21. The van der Waals surface area contributed by atoms with Gasteiger partial charge in [-0.25, -0.2) is 18.4 Å². The molecule has 0 spiro atoms. The lowest BCUT2D eigenvalue weighted by atomic mass is 10.1. The van der Waals surface area contributed by atoms with Crippen molar-refractivity contribution in [3.05, 3.63) is 29.8 Å². The molecule has 4 aliphatic rings. The van der Waals surface area contributed by atoms with E-state index in [9.17, 15) is 28.1 Å². The Bertz CT molecular complexity index is 1350. The number of sulfonamides is 1. The van der Waals surface area contributed by atoms with Gasteiger partial charge in [-0.15, -0.1) is 0 Å². The Morgan fingerprint density at radius 2 is 1.88 bits per heavy atom. The van der Waals surface area contributed by atoms with Crippen LogP contribution >= 0.6 is 0 Å². The lowest BCUT2D eigenvalue weighted by molar-refractivity contribution is -0.141. The number of carbonyl (C=O) groups excluding carboxylic acids is 3. The van der Waals surface area contributed by atoms with Crippen molar-refractivity contribution in [2.75, 3.05) is 13.1 Å². The van der Waals surface area contributed by atoms with Crippen molar-refractivity contribution < 1.29 is 27.5 Å². The third-order valence-electron chi connectivity index (χ3n) is 8.34. The summed E-state index contributed by atoms with van der Waals surface area (Å²) in [7, 11) is -3.82. The molecule has 3 unspecified atom stereocenters. The fourth-order valence-corrected chi connectivity index (χ4v) is 6.95. The van der Waals surface area contributed by atoms with Gasteiger partial charge in [-0.05, 0) is 70.6 Å². The lowest BCUT2D eigenvalue weighted by Crippen LogP contribution is -2.59. The lowest BCUT2D eigenvalue weighted by Gasteiger charge is -2.39. The maximum atomic E-state index is 13.7. The molecule has 12 nitrogen and oxygen atoms in total. The van der Waals surface area contributed by atoms with Crippen LogP contribution in [-0.2, 0) is 24.3 Å². The summed E-state index contributed by atoms with van der Waals surface area (Å²) in [5.41, 5.74) is 0.0311. The van der Waals surface area contributed by atoms with E-state index in [1.54, 1.807) is 37.8 Å². The van der Waals surface area contributed by atoms with E-state index in [0.717, 1.165) is 12.0 Å². The molecule has 1 aromatic carbocycles. The molecule has 3 aliphatic heterocycles. The number of alkyl carbamates (subject to hydrolysis) is 1. The topological polar surface area (TPSA) is 166 Å². The van der Waals surface area contributed by atoms with E-state index >= 15 is 0 Å². The number of hydrogen-bond acceptors (Lipinski definition) is 8. The zero-order valence-electron chi connectivity index (χ0n) is 23.1. The highest BCUT2D eigenvalue weighted by molar-refractivity contribution is 7.89. The van der Waals surface area contributed by atoms with Crippen molar-refractivity contribution in [2.24, 2.45) is 11.1 Å². The van der Waals surface area contributed by atoms with Crippen LogP contribution in [0.2, 0.25) is 0 Å². The Kier molecular flexibility index (Phi) is 7.09. The fraction of sp³-hybridized carbons (Fsp3) is 0.630. The Labute approximate surface area is 234 Å². The Hall–Kier alpha value is -3.21. The van der Waals surface area contributed by atoms with Crippen LogP contribution in [0.3, 0.4) is 0 Å². The summed E-state index contributed by atoms with van der Waals surface area (Å²) in [6.45, 7) is 7.75. The molecule has 7 atom stereocenters. The molecule has 1 aromatic rings. The van der Waals surface area contributed by atoms with Crippen molar-refractivity contribution in [3.8, 4) is 6.07 Å². The van der Waals surface area contributed by atoms with Gasteiger partial charge in [0.15, 0.2) is 0 Å². The molecule has 0 radical (unpaired) electrons. The van der Waals surface area contributed by atoms with Crippen LogP contribution in [0.1, 0.15) is 58.6 Å². The molecule has 1 aliphatic carbocycles. The smallest absolute Gasteiger partial charge is 0.408 e.